The normalized spacial score (nSPS) is 11.2. The average Bonchev–Trinajstić information content (AvgIpc) is 2.92. The number of nitrogens with zero attached hydrogens (tertiary/aromatic N) is 2. The second-order valence-electron chi connectivity index (χ2n) is 5.10. The van der Waals surface area contributed by atoms with Crippen LogP contribution in [0, 0.1) is 0 Å². The van der Waals surface area contributed by atoms with Gasteiger partial charge in [0, 0.05) is 11.1 Å². The van der Waals surface area contributed by atoms with Crippen LogP contribution >= 0.6 is 11.3 Å². The van der Waals surface area contributed by atoms with Crippen LogP contribution in [0.5, 0.6) is 6.01 Å². The van der Waals surface area contributed by atoms with Gasteiger partial charge in [-0.05, 0) is 13.0 Å². The maximum atomic E-state index is 13.0. The van der Waals surface area contributed by atoms with Crippen molar-refractivity contribution in [2.45, 2.75) is 13.3 Å². The zero-order valence-corrected chi connectivity index (χ0v) is 13.9. The molecule has 0 aliphatic rings. The van der Waals surface area contributed by atoms with Gasteiger partial charge in [-0.25, -0.2) is 8.78 Å². The van der Waals surface area contributed by atoms with Gasteiger partial charge in [0.25, 0.3) is 12.3 Å². The molecule has 3 aromatic rings. The molecule has 0 spiro atoms. The Balaban J connectivity index is 2.31. The van der Waals surface area contributed by atoms with Crippen molar-refractivity contribution in [1.82, 2.24) is 9.97 Å². The summed E-state index contributed by atoms with van der Waals surface area (Å²) in [6.45, 7) is 2.09. The third-order valence-corrected chi connectivity index (χ3v) is 4.59. The Hall–Kier alpha value is -2.81. The lowest BCUT2D eigenvalue weighted by molar-refractivity contribution is 0.100. The molecule has 2 aromatic heterocycles. The minimum absolute atomic E-state index is 0.0738. The summed E-state index contributed by atoms with van der Waals surface area (Å²) in [6, 6.07) is 5.85. The molecule has 9 heteroatoms. The number of carbonyl (C=O) groups is 1. The Labute approximate surface area is 145 Å². The summed E-state index contributed by atoms with van der Waals surface area (Å²) in [5.74, 6) is -0.689. The summed E-state index contributed by atoms with van der Waals surface area (Å²) in [7, 11) is 0. The smallest absolute Gasteiger partial charge is 0.318 e. The van der Waals surface area contributed by atoms with Gasteiger partial charge in [-0.2, -0.15) is 9.97 Å². The second-order valence-corrected chi connectivity index (χ2v) is 6.10. The Morgan fingerprint density at radius 2 is 2.12 bits per heavy atom. The fraction of sp³-hybridized carbons (Fsp3) is 0.188. The Bertz CT molecular complexity index is 959. The number of aromatic nitrogens is 2. The zero-order chi connectivity index (χ0) is 18.1. The number of benzene rings is 1. The number of anilines is 1. The molecule has 0 atom stereocenters. The van der Waals surface area contributed by atoms with Crippen LogP contribution in [0.1, 0.15) is 28.6 Å². The van der Waals surface area contributed by atoms with Gasteiger partial charge in [0.2, 0.25) is 0 Å². The van der Waals surface area contributed by atoms with E-state index in [-0.39, 0.29) is 22.1 Å². The van der Waals surface area contributed by atoms with Crippen LogP contribution in [-0.2, 0) is 0 Å². The molecule has 1 aromatic carbocycles. The number of thiophene rings is 1. The highest BCUT2D eigenvalue weighted by Crippen LogP contribution is 2.39. The molecular weight excluding hydrogens is 350 g/mol. The second kappa shape index (κ2) is 6.60. The first-order valence-electron chi connectivity index (χ1n) is 7.33. The Morgan fingerprint density at radius 1 is 1.36 bits per heavy atom. The van der Waals surface area contributed by atoms with Gasteiger partial charge in [-0.15, -0.1) is 11.3 Å². The number of nitrogen functional groups attached to an aromatic ring is 1. The largest absolute Gasteiger partial charge is 0.464 e. The molecule has 6 nitrogen and oxygen atoms in total. The standard InChI is InChI=1S/C16H14F2N4O2S/c1-2-24-16-21-11(7-4-3-5-8(6-7)13(17)18)9-10(19)12(14(20)23)25-15(9)22-16/h3-6,13H,2,19H2,1H3,(H2,20,23). The summed E-state index contributed by atoms with van der Waals surface area (Å²) in [5.41, 5.74) is 12.1. The predicted octanol–water partition coefficient (Wildman–Crippen LogP) is 3.38. The van der Waals surface area contributed by atoms with Gasteiger partial charge in [0.05, 0.1) is 23.4 Å². The minimum Gasteiger partial charge on any atom is -0.464 e. The highest BCUT2D eigenvalue weighted by molar-refractivity contribution is 7.21. The van der Waals surface area contributed by atoms with E-state index in [2.05, 4.69) is 9.97 Å². The van der Waals surface area contributed by atoms with Gasteiger partial charge in [-0.3, -0.25) is 4.79 Å². The molecule has 4 N–H and O–H groups in total. The maximum Gasteiger partial charge on any atom is 0.318 e. The molecule has 0 saturated heterocycles. The highest BCUT2D eigenvalue weighted by atomic mass is 32.1. The number of rotatable bonds is 5. The van der Waals surface area contributed by atoms with Crippen LogP contribution in [-0.4, -0.2) is 22.5 Å². The molecule has 0 unspecified atom stereocenters. The van der Waals surface area contributed by atoms with Crippen molar-refractivity contribution in [2.24, 2.45) is 5.73 Å². The van der Waals surface area contributed by atoms with Gasteiger partial charge in [0.15, 0.2) is 0 Å². The summed E-state index contributed by atoms with van der Waals surface area (Å²) in [6.07, 6.45) is -2.62. The quantitative estimate of drug-likeness (QED) is 0.722. The molecule has 0 fully saturated rings. The number of hydrogen-bond donors (Lipinski definition) is 2. The maximum absolute atomic E-state index is 13.0. The third kappa shape index (κ3) is 3.10. The molecule has 0 aliphatic heterocycles. The van der Waals surface area contributed by atoms with E-state index in [1.807, 2.05) is 0 Å². The van der Waals surface area contributed by atoms with Gasteiger partial charge < -0.3 is 16.2 Å². The molecular formula is C16H14F2N4O2S. The predicted molar refractivity (Wildman–Crippen MR) is 91.9 cm³/mol. The first kappa shape index (κ1) is 17.0. The third-order valence-electron chi connectivity index (χ3n) is 3.48. The molecule has 130 valence electrons. The number of ether oxygens (including phenoxy) is 1. The SMILES string of the molecule is CCOc1nc(-c2cccc(C(F)F)c2)c2c(N)c(C(N)=O)sc2n1. The number of carbonyl (C=O) groups excluding carboxylic acids is 1. The minimum atomic E-state index is -2.62. The number of hydrogen-bond acceptors (Lipinski definition) is 6. The zero-order valence-electron chi connectivity index (χ0n) is 13.1. The van der Waals surface area contributed by atoms with Crippen LogP contribution in [0.2, 0.25) is 0 Å². The molecule has 3 rings (SSSR count). The number of alkyl halides is 2. The molecule has 1 amide bonds. The topological polar surface area (TPSA) is 104 Å². The van der Waals surface area contributed by atoms with Crippen LogP contribution in [0.4, 0.5) is 14.5 Å². The first-order chi connectivity index (χ1) is 11.9. The van der Waals surface area contributed by atoms with Crippen molar-refractivity contribution < 1.29 is 18.3 Å². The van der Waals surface area contributed by atoms with E-state index in [9.17, 15) is 13.6 Å². The number of nitrogens with two attached hydrogens (primary N) is 2. The summed E-state index contributed by atoms with van der Waals surface area (Å²) < 4.78 is 31.4. The van der Waals surface area contributed by atoms with Crippen molar-refractivity contribution in [1.29, 1.82) is 0 Å². The van der Waals surface area contributed by atoms with E-state index < -0.39 is 12.3 Å². The van der Waals surface area contributed by atoms with E-state index in [1.165, 1.54) is 18.2 Å². The average molecular weight is 364 g/mol. The lowest BCUT2D eigenvalue weighted by Gasteiger charge is -2.09. The van der Waals surface area contributed by atoms with Crippen molar-refractivity contribution >= 4 is 33.1 Å². The molecule has 25 heavy (non-hydrogen) atoms. The number of primary amides is 1. The van der Waals surface area contributed by atoms with E-state index in [4.69, 9.17) is 16.2 Å². The van der Waals surface area contributed by atoms with Gasteiger partial charge in [-0.1, -0.05) is 18.2 Å². The number of amides is 1. The van der Waals surface area contributed by atoms with Crippen molar-refractivity contribution in [3.63, 3.8) is 0 Å². The highest BCUT2D eigenvalue weighted by Gasteiger charge is 2.22. The molecule has 0 radical (unpaired) electrons. The van der Waals surface area contributed by atoms with E-state index >= 15 is 0 Å². The number of fused-ring (bicyclic) bond motifs is 1. The summed E-state index contributed by atoms with van der Waals surface area (Å²) >= 11 is 1.01. The fourth-order valence-electron chi connectivity index (χ4n) is 2.41. The van der Waals surface area contributed by atoms with Crippen molar-refractivity contribution in [3.05, 3.63) is 34.7 Å². The Kier molecular flexibility index (Phi) is 4.49. The Morgan fingerprint density at radius 3 is 2.76 bits per heavy atom. The molecule has 0 bridgehead atoms. The van der Waals surface area contributed by atoms with Crippen LogP contribution in [0.25, 0.3) is 21.5 Å². The lowest BCUT2D eigenvalue weighted by atomic mass is 10.0. The van der Waals surface area contributed by atoms with Crippen LogP contribution in [0.3, 0.4) is 0 Å². The summed E-state index contributed by atoms with van der Waals surface area (Å²) in [4.78, 5) is 20.6. The van der Waals surface area contributed by atoms with Crippen LogP contribution in [0.15, 0.2) is 24.3 Å². The first-order valence-corrected chi connectivity index (χ1v) is 8.15. The van der Waals surface area contributed by atoms with Gasteiger partial charge in [0.1, 0.15) is 9.71 Å². The van der Waals surface area contributed by atoms with Crippen LogP contribution < -0.4 is 16.2 Å². The van der Waals surface area contributed by atoms with Crippen molar-refractivity contribution in [3.8, 4) is 17.3 Å². The monoisotopic (exact) mass is 364 g/mol. The molecule has 2 heterocycles. The number of halogens is 2. The molecule has 0 saturated carbocycles. The molecule has 0 aliphatic carbocycles. The van der Waals surface area contributed by atoms with Gasteiger partial charge >= 0.3 is 6.01 Å². The fourth-order valence-corrected chi connectivity index (χ4v) is 3.35. The van der Waals surface area contributed by atoms with E-state index in [0.29, 0.717) is 28.1 Å². The summed E-state index contributed by atoms with van der Waals surface area (Å²) in [5, 5.41) is 0.397. The van der Waals surface area contributed by atoms with E-state index in [1.54, 1.807) is 13.0 Å². The lowest BCUT2D eigenvalue weighted by Crippen LogP contribution is -2.10. The van der Waals surface area contributed by atoms with Crippen molar-refractivity contribution in [2.75, 3.05) is 12.3 Å². The van der Waals surface area contributed by atoms with E-state index in [0.717, 1.165) is 11.3 Å².